The van der Waals surface area contributed by atoms with Crippen LogP contribution in [0, 0.1) is 0 Å². The fraction of sp³-hybridized carbons (Fsp3) is 0.500. The standard InChI is InChI=1S/C16H23N3O2S/c1-17-7-6-14-11-18-16-5-4-13(10-15(14)16)12-22(20,21)19-8-2-3-9-19/h4-5,10-11,17-18H,2-3,6-9,12H2,1H3. The van der Waals surface area contributed by atoms with E-state index in [1.807, 2.05) is 31.4 Å². The van der Waals surface area contributed by atoms with Crippen LogP contribution in [-0.4, -0.2) is 44.4 Å². The average Bonchev–Trinajstić information content (AvgIpc) is 3.15. The average molecular weight is 321 g/mol. The summed E-state index contributed by atoms with van der Waals surface area (Å²) in [4.78, 5) is 3.25. The lowest BCUT2D eigenvalue weighted by Crippen LogP contribution is -2.29. The van der Waals surface area contributed by atoms with Gasteiger partial charge in [0.05, 0.1) is 5.75 Å². The normalized spacial score (nSPS) is 16.6. The van der Waals surface area contributed by atoms with Gasteiger partial charge in [-0.1, -0.05) is 6.07 Å². The highest BCUT2D eigenvalue weighted by molar-refractivity contribution is 7.88. The van der Waals surface area contributed by atoms with E-state index in [1.54, 1.807) is 4.31 Å². The van der Waals surface area contributed by atoms with Crippen molar-refractivity contribution in [1.29, 1.82) is 0 Å². The van der Waals surface area contributed by atoms with E-state index in [0.717, 1.165) is 42.3 Å². The van der Waals surface area contributed by atoms with Crippen molar-refractivity contribution < 1.29 is 8.42 Å². The molecule has 3 rings (SSSR count). The van der Waals surface area contributed by atoms with Crippen molar-refractivity contribution in [2.24, 2.45) is 0 Å². The number of likely N-dealkylation sites (N-methyl/N-ethyl adjacent to an activating group) is 1. The molecule has 0 atom stereocenters. The van der Waals surface area contributed by atoms with Crippen LogP contribution >= 0.6 is 0 Å². The minimum absolute atomic E-state index is 0.0968. The lowest BCUT2D eigenvalue weighted by Gasteiger charge is -2.15. The number of hydrogen-bond donors (Lipinski definition) is 2. The summed E-state index contributed by atoms with van der Waals surface area (Å²) in [6, 6.07) is 5.91. The van der Waals surface area contributed by atoms with Crippen molar-refractivity contribution in [3.63, 3.8) is 0 Å². The Bertz CT molecular complexity index is 746. The summed E-state index contributed by atoms with van der Waals surface area (Å²) in [7, 11) is -1.25. The van der Waals surface area contributed by atoms with Gasteiger partial charge in [0.25, 0.3) is 0 Å². The molecule has 2 heterocycles. The summed E-state index contributed by atoms with van der Waals surface area (Å²) in [5, 5.41) is 4.27. The molecule has 0 aliphatic carbocycles. The smallest absolute Gasteiger partial charge is 0.218 e. The summed E-state index contributed by atoms with van der Waals surface area (Å²) in [5.41, 5.74) is 3.16. The van der Waals surface area contributed by atoms with Crippen molar-refractivity contribution in [2.45, 2.75) is 25.0 Å². The third-order valence-electron chi connectivity index (χ3n) is 4.28. The summed E-state index contributed by atoms with van der Waals surface area (Å²) in [6.45, 7) is 2.24. The maximum absolute atomic E-state index is 12.4. The molecule has 1 aliphatic heterocycles. The summed E-state index contributed by atoms with van der Waals surface area (Å²) in [6.07, 6.45) is 4.90. The molecule has 0 spiro atoms. The Balaban J connectivity index is 1.84. The number of H-pyrrole nitrogens is 1. The number of fused-ring (bicyclic) bond motifs is 1. The summed E-state index contributed by atoms with van der Waals surface area (Å²) in [5.74, 6) is 0.0968. The van der Waals surface area contributed by atoms with Gasteiger partial charge < -0.3 is 10.3 Å². The van der Waals surface area contributed by atoms with Crippen LogP contribution in [0.4, 0.5) is 0 Å². The minimum atomic E-state index is -3.18. The second kappa shape index (κ2) is 6.40. The van der Waals surface area contributed by atoms with Crippen molar-refractivity contribution in [3.05, 3.63) is 35.5 Å². The zero-order valence-electron chi connectivity index (χ0n) is 12.9. The molecule has 120 valence electrons. The highest BCUT2D eigenvalue weighted by atomic mass is 32.2. The second-order valence-electron chi connectivity index (χ2n) is 5.91. The third kappa shape index (κ3) is 3.19. The molecule has 2 N–H and O–H groups in total. The lowest BCUT2D eigenvalue weighted by molar-refractivity contribution is 0.476. The summed E-state index contributed by atoms with van der Waals surface area (Å²) < 4.78 is 26.5. The van der Waals surface area contributed by atoms with E-state index in [9.17, 15) is 8.42 Å². The molecule has 1 fully saturated rings. The van der Waals surface area contributed by atoms with Gasteiger partial charge in [0.15, 0.2) is 0 Å². The molecule has 0 saturated carbocycles. The Kier molecular flexibility index (Phi) is 4.52. The maximum Gasteiger partial charge on any atom is 0.218 e. The number of sulfonamides is 1. The number of nitrogens with one attached hydrogen (secondary N) is 2. The fourth-order valence-corrected chi connectivity index (χ4v) is 4.65. The van der Waals surface area contributed by atoms with E-state index in [4.69, 9.17) is 0 Å². The van der Waals surface area contributed by atoms with E-state index in [1.165, 1.54) is 5.56 Å². The van der Waals surface area contributed by atoms with Crippen LogP contribution in [0.3, 0.4) is 0 Å². The molecule has 0 unspecified atom stereocenters. The Morgan fingerprint density at radius 3 is 2.77 bits per heavy atom. The first-order valence-electron chi connectivity index (χ1n) is 7.81. The Morgan fingerprint density at radius 1 is 1.27 bits per heavy atom. The zero-order chi connectivity index (χ0) is 15.6. The van der Waals surface area contributed by atoms with Gasteiger partial charge >= 0.3 is 0 Å². The van der Waals surface area contributed by atoms with Gasteiger partial charge in [-0.15, -0.1) is 0 Å². The first-order chi connectivity index (χ1) is 10.6. The number of benzene rings is 1. The summed E-state index contributed by atoms with van der Waals surface area (Å²) >= 11 is 0. The van der Waals surface area contributed by atoms with E-state index >= 15 is 0 Å². The van der Waals surface area contributed by atoms with Gasteiger partial charge in [-0.3, -0.25) is 0 Å². The molecule has 1 aromatic carbocycles. The number of hydrogen-bond acceptors (Lipinski definition) is 3. The number of aromatic nitrogens is 1. The van der Waals surface area contributed by atoms with Crippen LogP contribution in [0.1, 0.15) is 24.0 Å². The largest absolute Gasteiger partial charge is 0.361 e. The predicted octanol–water partition coefficient (Wildman–Crippen LogP) is 1.86. The Morgan fingerprint density at radius 2 is 2.05 bits per heavy atom. The van der Waals surface area contributed by atoms with Crippen LogP contribution in [0.5, 0.6) is 0 Å². The van der Waals surface area contributed by atoms with E-state index in [0.29, 0.717) is 13.1 Å². The van der Waals surface area contributed by atoms with Gasteiger partial charge in [-0.25, -0.2) is 12.7 Å². The number of rotatable bonds is 6. The van der Waals surface area contributed by atoms with Crippen LogP contribution in [0.2, 0.25) is 0 Å². The molecule has 2 aromatic rings. The maximum atomic E-state index is 12.4. The molecule has 1 aliphatic rings. The Hall–Kier alpha value is -1.37. The van der Waals surface area contributed by atoms with Crippen LogP contribution in [0.25, 0.3) is 10.9 Å². The number of nitrogens with zero attached hydrogens (tertiary/aromatic N) is 1. The first kappa shape index (κ1) is 15.5. The Labute approximate surface area is 131 Å². The third-order valence-corrected chi connectivity index (χ3v) is 6.13. The van der Waals surface area contributed by atoms with E-state index < -0.39 is 10.0 Å². The molecule has 0 bridgehead atoms. The lowest BCUT2D eigenvalue weighted by atomic mass is 10.1. The molecule has 1 saturated heterocycles. The molecule has 22 heavy (non-hydrogen) atoms. The molecule has 6 heteroatoms. The van der Waals surface area contributed by atoms with Crippen molar-refractivity contribution in [3.8, 4) is 0 Å². The van der Waals surface area contributed by atoms with E-state index in [-0.39, 0.29) is 5.75 Å². The predicted molar refractivity (Wildman–Crippen MR) is 89.4 cm³/mol. The highest BCUT2D eigenvalue weighted by Gasteiger charge is 2.25. The number of aromatic amines is 1. The zero-order valence-corrected chi connectivity index (χ0v) is 13.7. The molecular weight excluding hydrogens is 298 g/mol. The molecule has 5 nitrogen and oxygen atoms in total. The highest BCUT2D eigenvalue weighted by Crippen LogP contribution is 2.23. The fourth-order valence-electron chi connectivity index (χ4n) is 3.05. The monoisotopic (exact) mass is 321 g/mol. The minimum Gasteiger partial charge on any atom is -0.361 e. The van der Waals surface area contributed by atoms with Crippen LogP contribution in [0.15, 0.2) is 24.4 Å². The first-order valence-corrected chi connectivity index (χ1v) is 9.42. The van der Waals surface area contributed by atoms with Crippen LogP contribution < -0.4 is 5.32 Å². The molecule has 1 aromatic heterocycles. The van der Waals surface area contributed by atoms with Gasteiger partial charge in [0.2, 0.25) is 10.0 Å². The second-order valence-corrected chi connectivity index (χ2v) is 7.88. The van der Waals surface area contributed by atoms with Gasteiger partial charge in [-0.05, 0) is 56.1 Å². The van der Waals surface area contributed by atoms with Crippen molar-refractivity contribution in [2.75, 3.05) is 26.7 Å². The quantitative estimate of drug-likeness (QED) is 0.853. The van der Waals surface area contributed by atoms with Gasteiger partial charge in [0, 0.05) is 30.2 Å². The topological polar surface area (TPSA) is 65.2 Å². The van der Waals surface area contributed by atoms with Crippen molar-refractivity contribution in [1.82, 2.24) is 14.6 Å². The van der Waals surface area contributed by atoms with Crippen molar-refractivity contribution >= 4 is 20.9 Å². The molecular formula is C16H23N3O2S. The molecule has 0 amide bonds. The molecule has 0 radical (unpaired) electrons. The van der Waals surface area contributed by atoms with E-state index in [2.05, 4.69) is 10.3 Å². The SMILES string of the molecule is CNCCc1c[nH]c2ccc(CS(=O)(=O)N3CCCC3)cc12. The van der Waals surface area contributed by atoms with Gasteiger partial charge in [0.1, 0.15) is 0 Å². The van der Waals surface area contributed by atoms with Gasteiger partial charge in [-0.2, -0.15) is 0 Å². The van der Waals surface area contributed by atoms with Crippen LogP contribution in [-0.2, 0) is 22.2 Å².